The predicted octanol–water partition coefficient (Wildman–Crippen LogP) is -1.15. The SMILES string of the molecule is N#C[C@@H]1CSC2(CCCN(C(=O)[C@@H](N)CO)C2)N1. The molecule has 0 radical (unpaired) electrons. The second-order valence-electron chi connectivity index (χ2n) is 4.78. The van der Waals surface area contributed by atoms with E-state index in [1.54, 1.807) is 16.7 Å². The molecule has 2 aliphatic heterocycles. The third kappa shape index (κ3) is 2.62. The van der Waals surface area contributed by atoms with Gasteiger partial charge in [0.15, 0.2) is 0 Å². The summed E-state index contributed by atoms with van der Waals surface area (Å²) >= 11 is 1.71. The van der Waals surface area contributed by atoms with Gasteiger partial charge >= 0.3 is 0 Å². The molecular weight excluding hydrogens is 252 g/mol. The minimum absolute atomic E-state index is 0.142. The first-order valence-electron chi connectivity index (χ1n) is 6.07. The maximum Gasteiger partial charge on any atom is 0.241 e. The average Bonchev–Trinajstić information content (AvgIpc) is 2.80. The number of thioether (sulfide) groups is 1. The number of carbonyl (C=O) groups is 1. The van der Waals surface area contributed by atoms with E-state index in [1.165, 1.54) is 0 Å². The van der Waals surface area contributed by atoms with Crippen molar-refractivity contribution in [1.82, 2.24) is 10.2 Å². The standard InChI is InChI=1S/C11H18N4O2S/c12-4-8-6-18-11(14-8)2-1-3-15(7-11)10(17)9(13)5-16/h8-9,14,16H,1-3,5-7,13H2/t8-,9+,11?/m1/s1. The smallest absolute Gasteiger partial charge is 0.241 e. The Morgan fingerprint density at radius 3 is 3.17 bits per heavy atom. The third-order valence-corrected chi connectivity index (χ3v) is 4.90. The van der Waals surface area contributed by atoms with Crippen LogP contribution < -0.4 is 11.1 Å². The van der Waals surface area contributed by atoms with Gasteiger partial charge in [-0.2, -0.15) is 5.26 Å². The zero-order chi connectivity index (χ0) is 13.2. The van der Waals surface area contributed by atoms with Crippen LogP contribution in [0.15, 0.2) is 0 Å². The molecule has 0 aromatic heterocycles. The molecule has 2 saturated heterocycles. The van der Waals surface area contributed by atoms with Crippen LogP contribution in [0, 0.1) is 11.3 Å². The van der Waals surface area contributed by atoms with E-state index in [4.69, 9.17) is 16.1 Å². The number of nitrogens with two attached hydrogens (primary N) is 1. The molecule has 6 nitrogen and oxygen atoms in total. The molecule has 0 aliphatic carbocycles. The van der Waals surface area contributed by atoms with E-state index in [1.807, 2.05) is 0 Å². The van der Waals surface area contributed by atoms with Crippen molar-refractivity contribution >= 4 is 17.7 Å². The molecule has 7 heteroatoms. The number of likely N-dealkylation sites (tertiary alicyclic amines) is 1. The van der Waals surface area contributed by atoms with E-state index in [-0.39, 0.29) is 23.4 Å². The summed E-state index contributed by atoms with van der Waals surface area (Å²) < 4.78 is 0. The number of nitrogens with one attached hydrogen (secondary N) is 1. The van der Waals surface area contributed by atoms with Crippen LogP contribution in [-0.2, 0) is 4.79 Å². The van der Waals surface area contributed by atoms with Gasteiger partial charge in [-0.05, 0) is 12.8 Å². The zero-order valence-corrected chi connectivity index (χ0v) is 10.9. The summed E-state index contributed by atoms with van der Waals surface area (Å²) in [5, 5.41) is 21.2. The molecule has 1 amide bonds. The Kier molecular flexibility index (Phi) is 4.12. The second kappa shape index (κ2) is 5.45. The van der Waals surface area contributed by atoms with Gasteiger partial charge in [-0.3, -0.25) is 10.1 Å². The number of aliphatic hydroxyl groups excluding tert-OH is 1. The molecule has 0 aromatic carbocycles. The molecule has 2 aliphatic rings. The van der Waals surface area contributed by atoms with Crippen molar-refractivity contribution in [3.63, 3.8) is 0 Å². The Hall–Kier alpha value is -0.810. The van der Waals surface area contributed by atoms with E-state index >= 15 is 0 Å². The fourth-order valence-corrected chi connectivity index (χ4v) is 3.88. The monoisotopic (exact) mass is 270 g/mol. The van der Waals surface area contributed by atoms with Crippen molar-refractivity contribution in [1.29, 1.82) is 5.26 Å². The first-order chi connectivity index (χ1) is 8.60. The van der Waals surface area contributed by atoms with Crippen molar-refractivity contribution in [3.8, 4) is 6.07 Å². The van der Waals surface area contributed by atoms with Gasteiger partial charge in [0.25, 0.3) is 0 Å². The largest absolute Gasteiger partial charge is 0.394 e. The summed E-state index contributed by atoms with van der Waals surface area (Å²) in [5.41, 5.74) is 5.57. The molecule has 2 rings (SSSR count). The van der Waals surface area contributed by atoms with Crippen LogP contribution >= 0.6 is 11.8 Å². The summed E-state index contributed by atoms with van der Waals surface area (Å²) in [5.74, 6) is 0.546. The van der Waals surface area contributed by atoms with Crippen LogP contribution in [0.5, 0.6) is 0 Å². The highest BCUT2D eigenvalue weighted by Crippen LogP contribution is 2.37. The number of nitriles is 1. The summed E-state index contributed by atoms with van der Waals surface area (Å²) in [6.07, 6.45) is 1.84. The van der Waals surface area contributed by atoms with Gasteiger partial charge < -0.3 is 15.7 Å². The first kappa shape index (κ1) is 13.6. The minimum atomic E-state index is -0.835. The van der Waals surface area contributed by atoms with E-state index in [2.05, 4.69) is 11.4 Å². The summed E-state index contributed by atoms with van der Waals surface area (Å²) in [7, 11) is 0. The van der Waals surface area contributed by atoms with Gasteiger partial charge in [-0.15, -0.1) is 11.8 Å². The van der Waals surface area contributed by atoms with Crippen LogP contribution in [0.4, 0.5) is 0 Å². The molecule has 2 heterocycles. The number of carbonyl (C=O) groups excluding carboxylic acids is 1. The van der Waals surface area contributed by atoms with Gasteiger partial charge in [-0.1, -0.05) is 0 Å². The molecule has 1 spiro atoms. The number of hydrogen-bond donors (Lipinski definition) is 3. The minimum Gasteiger partial charge on any atom is -0.394 e. The molecule has 4 N–H and O–H groups in total. The highest BCUT2D eigenvalue weighted by Gasteiger charge is 2.44. The summed E-state index contributed by atoms with van der Waals surface area (Å²) in [6.45, 7) is 0.903. The Balaban J connectivity index is 2.01. The molecule has 2 fully saturated rings. The predicted molar refractivity (Wildman–Crippen MR) is 68.6 cm³/mol. The third-order valence-electron chi connectivity index (χ3n) is 3.40. The second-order valence-corrected chi connectivity index (χ2v) is 6.19. The van der Waals surface area contributed by atoms with Gasteiger partial charge in [0, 0.05) is 18.8 Å². The van der Waals surface area contributed by atoms with Crippen molar-refractivity contribution in [2.45, 2.75) is 29.8 Å². The van der Waals surface area contributed by atoms with E-state index < -0.39 is 6.04 Å². The Morgan fingerprint density at radius 1 is 1.78 bits per heavy atom. The summed E-state index contributed by atoms with van der Waals surface area (Å²) in [4.78, 5) is 13.5. The lowest BCUT2D eigenvalue weighted by atomic mass is 10.0. The number of piperidine rings is 1. The van der Waals surface area contributed by atoms with Crippen LogP contribution in [0.25, 0.3) is 0 Å². The van der Waals surface area contributed by atoms with Crippen molar-refractivity contribution in [3.05, 3.63) is 0 Å². The Bertz CT molecular complexity index is 373. The number of amides is 1. The van der Waals surface area contributed by atoms with E-state index in [0.29, 0.717) is 13.1 Å². The molecule has 0 aromatic rings. The Morgan fingerprint density at radius 2 is 2.56 bits per heavy atom. The quantitative estimate of drug-likeness (QED) is 0.586. The molecule has 0 saturated carbocycles. The Labute approximate surface area is 110 Å². The number of aliphatic hydroxyl groups is 1. The van der Waals surface area contributed by atoms with Gasteiger partial charge in [0.1, 0.15) is 12.1 Å². The fourth-order valence-electron chi connectivity index (χ4n) is 2.47. The van der Waals surface area contributed by atoms with Gasteiger partial charge in [-0.25, -0.2) is 0 Å². The van der Waals surface area contributed by atoms with Gasteiger partial charge in [0.05, 0.1) is 17.5 Å². The summed E-state index contributed by atoms with van der Waals surface area (Å²) in [6, 6.07) is 1.24. The maximum atomic E-state index is 12.0. The van der Waals surface area contributed by atoms with Crippen molar-refractivity contribution < 1.29 is 9.90 Å². The first-order valence-corrected chi connectivity index (χ1v) is 7.05. The van der Waals surface area contributed by atoms with Crippen LogP contribution in [-0.4, -0.2) is 58.3 Å². The van der Waals surface area contributed by atoms with Crippen LogP contribution in [0.1, 0.15) is 12.8 Å². The van der Waals surface area contributed by atoms with Crippen LogP contribution in [0.2, 0.25) is 0 Å². The lowest BCUT2D eigenvalue weighted by Crippen LogP contribution is -2.58. The topological polar surface area (TPSA) is 102 Å². The molecule has 100 valence electrons. The highest BCUT2D eigenvalue weighted by molar-refractivity contribution is 8.01. The highest BCUT2D eigenvalue weighted by atomic mass is 32.2. The molecule has 18 heavy (non-hydrogen) atoms. The van der Waals surface area contributed by atoms with E-state index in [9.17, 15) is 4.79 Å². The zero-order valence-electron chi connectivity index (χ0n) is 10.1. The van der Waals surface area contributed by atoms with Crippen molar-refractivity contribution in [2.24, 2.45) is 5.73 Å². The van der Waals surface area contributed by atoms with Gasteiger partial charge in [0.2, 0.25) is 5.91 Å². The van der Waals surface area contributed by atoms with E-state index in [0.717, 1.165) is 18.6 Å². The maximum absolute atomic E-state index is 12.0. The number of rotatable bonds is 2. The number of hydrogen-bond acceptors (Lipinski definition) is 6. The van der Waals surface area contributed by atoms with Crippen LogP contribution in [0.3, 0.4) is 0 Å². The fraction of sp³-hybridized carbons (Fsp3) is 0.818. The molecule has 0 bridgehead atoms. The average molecular weight is 270 g/mol. The van der Waals surface area contributed by atoms with Crippen molar-refractivity contribution in [2.75, 3.05) is 25.4 Å². The lowest BCUT2D eigenvalue weighted by Gasteiger charge is -2.40. The molecule has 1 unspecified atom stereocenters. The molecular formula is C11H18N4O2S. The molecule has 3 atom stereocenters. The number of nitrogens with zero attached hydrogens (tertiary/aromatic N) is 2. The lowest BCUT2D eigenvalue weighted by molar-refractivity contribution is -0.135. The normalized spacial score (nSPS) is 33.4.